The minimum Gasteiger partial charge on any atom is -0.456 e. The molecule has 2 heteroatoms. The van der Waals surface area contributed by atoms with Gasteiger partial charge < -0.3 is 9.32 Å². The van der Waals surface area contributed by atoms with Gasteiger partial charge in [0, 0.05) is 16.8 Å². The molecule has 0 aliphatic rings. The Balaban J connectivity index is 1.48. The number of hydrogen-bond donors (Lipinski definition) is 0. The number of furan rings is 1. The van der Waals surface area contributed by atoms with Gasteiger partial charge in [0.15, 0.2) is 0 Å². The largest absolute Gasteiger partial charge is 0.456 e. The maximum absolute atomic E-state index is 6.27. The molecule has 6 aromatic carbocycles. The number of para-hydroxylation sites is 1. The molecule has 0 saturated heterocycles. The molecule has 7 aromatic rings. The van der Waals surface area contributed by atoms with Crippen LogP contribution in [0.3, 0.4) is 0 Å². The van der Waals surface area contributed by atoms with E-state index in [1.807, 2.05) is 12.1 Å². The van der Waals surface area contributed by atoms with E-state index < -0.39 is 0 Å². The van der Waals surface area contributed by atoms with Gasteiger partial charge in [-0.3, -0.25) is 0 Å². The molecule has 0 aliphatic carbocycles. The van der Waals surface area contributed by atoms with Gasteiger partial charge in [0.25, 0.3) is 0 Å². The lowest BCUT2D eigenvalue weighted by molar-refractivity contribution is 0.669. The smallest absolute Gasteiger partial charge is 0.137 e. The van der Waals surface area contributed by atoms with Crippen molar-refractivity contribution in [2.24, 2.45) is 0 Å². The third-order valence-corrected chi connectivity index (χ3v) is 7.04. The van der Waals surface area contributed by atoms with Crippen molar-refractivity contribution in [3.05, 3.63) is 152 Å². The fraction of sp³-hybridized carbons (Fsp3) is 0. The van der Waals surface area contributed by atoms with E-state index in [2.05, 4.69) is 144 Å². The monoisotopic (exact) mass is 487 g/mol. The molecule has 0 N–H and O–H groups in total. The summed E-state index contributed by atoms with van der Waals surface area (Å²) < 4.78 is 6.27. The van der Waals surface area contributed by atoms with Crippen LogP contribution in [0.5, 0.6) is 0 Å². The standard InChI is InChI=1S/C36H25NO/c1-3-12-26(13-4-1)28-16-9-18-30(24-28)37(31-19-10-17-29(25-31)27-14-5-2-6-15-27)33-21-11-23-35-36(33)32-20-7-8-22-34(32)38-35/h1-25H. The highest BCUT2D eigenvalue weighted by Crippen LogP contribution is 2.44. The van der Waals surface area contributed by atoms with E-state index >= 15 is 0 Å². The zero-order valence-corrected chi connectivity index (χ0v) is 20.8. The Morgan fingerprint density at radius 2 is 0.895 bits per heavy atom. The minimum absolute atomic E-state index is 0.882. The predicted molar refractivity (Wildman–Crippen MR) is 159 cm³/mol. The highest BCUT2D eigenvalue weighted by Gasteiger charge is 2.20. The first-order chi connectivity index (χ1) is 18.8. The first-order valence-electron chi connectivity index (χ1n) is 12.9. The molecule has 0 radical (unpaired) electrons. The fourth-order valence-electron chi connectivity index (χ4n) is 5.28. The van der Waals surface area contributed by atoms with Crippen molar-refractivity contribution in [2.75, 3.05) is 4.90 Å². The van der Waals surface area contributed by atoms with Gasteiger partial charge in [-0.2, -0.15) is 0 Å². The molecular formula is C36H25NO. The van der Waals surface area contributed by atoms with E-state index in [9.17, 15) is 0 Å². The number of anilines is 3. The Bertz CT molecular complexity index is 1790. The summed E-state index contributed by atoms with van der Waals surface area (Å²) in [4.78, 5) is 2.35. The molecule has 0 saturated carbocycles. The van der Waals surface area contributed by atoms with Gasteiger partial charge in [-0.25, -0.2) is 0 Å². The van der Waals surface area contributed by atoms with Crippen LogP contribution in [-0.2, 0) is 0 Å². The molecule has 0 amide bonds. The second kappa shape index (κ2) is 9.42. The van der Waals surface area contributed by atoms with Crippen molar-refractivity contribution >= 4 is 39.0 Å². The van der Waals surface area contributed by atoms with Crippen molar-refractivity contribution in [1.29, 1.82) is 0 Å². The summed E-state index contributed by atoms with van der Waals surface area (Å²) in [5.41, 5.74) is 9.79. The highest BCUT2D eigenvalue weighted by atomic mass is 16.3. The number of nitrogens with zero attached hydrogens (tertiary/aromatic N) is 1. The lowest BCUT2D eigenvalue weighted by atomic mass is 10.0. The molecule has 0 fully saturated rings. The van der Waals surface area contributed by atoms with Crippen LogP contribution in [0.25, 0.3) is 44.2 Å². The zero-order valence-electron chi connectivity index (χ0n) is 20.8. The molecule has 1 aromatic heterocycles. The summed E-state index contributed by atoms with van der Waals surface area (Å²) in [5, 5.41) is 2.22. The van der Waals surface area contributed by atoms with E-state index in [4.69, 9.17) is 4.42 Å². The van der Waals surface area contributed by atoms with Crippen LogP contribution in [0, 0.1) is 0 Å². The Morgan fingerprint density at radius 3 is 1.53 bits per heavy atom. The molecule has 0 bridgehead atoms. The Labute approximate surface area is 222 Å². The minimum atomic E-state index is 0.882. The second-order valence-electron chi connectivity index (χ2n) is 9.42. The number of benzene rings is 6. The zero-order chi connectivity index (χ0) is 25.3. The maximum Gasteiger partial charge on any atom is 0.137 e. The summed E-state index contributed by atoms with van der Waals surface area (Å²) in [6, 6.07) is 53.2. The molecule has 0 aliphatic heterocycles. The predicted octanol–water partition coefficient (Wildman–Crippen LogP) is 10.4. The van der Waals surface area contributed by atoms with Crippen LogP contribution in [0.1, 0.15) is 0 Å². The van der Waals surface area contributed by atoms with Gasteiger partial charge in [-0.15, -0.1) is 0 Å². The van der Waals surface area contributed by atoms with Gasteiger partial charge in [-0.1, -0.05) is 109 Å². The molecule has 0 spiro atoms. The van der Waals surface area contributed by atoms with Crippen LogP contribution < -0.4 is 4.90 Å². The van der Waals surface area contributed by atoms with Gasteiger partial charge >= 0.3 is 0 Å². The Kier molecular flexibility index (Phi) is 5.49. The van der Waals surface area contributed by atoms with E-state index in [-0.39, 0.29) is 0 Å². The summed E-state index contributed by atoms with van der Waals surface area (Å²) in [6.07, 6.45) is 0. The number of fused-ring (bicyclic) bond motifs is 3. The fourth-order valence-corrected chi connectivity index (χ4v) is 5.28. The van der Waals surface area contributed by atoms with Gasteiger partial charge in [0.05, 0.1) is 11.1 Å². The van der Waals surface area contributed by atoms with Gasteiger partial charge in [-0.05, 0) is 64.7 Å². The first kappa shape index (κ1) is 22.1. The van der Waals surface area contributed by atoms with Crippen LogP contribution >= 0.6 is 0 Å². The molecule has 0 atom stereocenters. The molecule has 180 valence electrons. The van der Waals surface area contributed by atoms with Crippen molar-refractivity contribution in [3.63, 3.8) is 0 Å². The van der Waals surface area contributed by atoms with Gasteiger partial charge in [0.2, 0.25) is 0 Å². The lowest BCUT2D eigenvalue weighted by Gasteiger charge is -2.27. The third kappa shape index (κ3) is 3.93. The Hall–Kier alpha value is -5.08. The topological polar surface area (TPSA) is 16.4 Å². The summed E-state index contributed by atoms with van der Waals surface area (Å²) in [7, 11) is 0. The normalized spacial score (nSPS) is 11.2. The average molecular weight is 488 g/mol. The van der Waals surface area contributed by atoms with E-state index in [1.54, 1.807) is 0 Å². The number of rotatable bonds is 5. The third-order valence-electron chi connectivity index (χ3n) is 7.04. The first-order valence-corrected chi connectivity index (χ1v) is 12.9. The summed E-state index contributed by atoms with van der Waals surface area (Å²) in [5.74, 6) is 0. The quantitative estimate of drug-likeness (QED) is 0.240. The van der Waals surface area contributed by atoms with Crippen molar-refractivity contribution < 1.29 is 4.42 Å². The number of hydrogen-bond acceptors (Lipinski definition) is 2. The molecule has 7 rings (SSSR count). The van der Waals surface area contributed by atoms with E-state index in [1.165, 1.54) is 22.3 Å². The highest BCUT2D eigenvalue weighted by molar-refractivity contribution is 6.13. The van der Waals surface area contributed by atoms with Crippen molar-refractivity contribution in [1.82, 2.24) is 0 Å². The van der Waals surface area contributed by atoms with Crippen LogP contribution in [0.15, 0.2) is 156 Å². The van der Waals surface area contributed by atoms with E-state index in [0.717, 1.165) is 39.0 Å². The van der Waals surface area contributed by atoms with Crippen molar-refractivity contribution in [2.45, 2.75) is 0 Å². The molecule has 38 heavy (non-hydrogen) atoms. The lowest BCUT2D eigenvalue weighted by Crippen LogP contribution is -2.10. The average Bonchev–Trinajstić information content (AvgIpc) is 3.38. The summed E-state index contributed by atoms with van der Waals surface area (Å²) in [6.45, 7) is 0. The van der Waals surface area contributed by atoms with Crippen LogP contribution in [0.4, 0.5) is 17.1 Å². The van der Waals surface area contributed by atoms with E-state index in [0.29, 0.717) is 0 Å². The second-order valence-corrected chi connectivity index (χ2v) is 9.42. The van der Waals surface area contributed by atoms with Gasteiger partial charge in [0.1, 0.15) is 11.2 Å². The van der Waals surface area contributed by atoms with Crippen molar-refractivity contribution in [3.8, 4) is 22.3 Å². The molecule has 1 heterocycles. The SMILES string of the molecule is c1ccc(-c2cccc(N(c3cccc(-c4ccccc4)c3)c3cccc4oc5ccccc5c34)c2)cc1. The molecule has 2 nitrogen and oxygen atoms in total. The Morgan fingerprint density at radius 1 is 0.395 bits per heavy atom. The summed E-state index contributed by atoms with van der Waals surface area (Å²) >= 11 is 0. The maximum atomic E-state index is 6.27. The van der Waals surface area contributed by atoms with Crippen LogP contribution in [-0.4, -0.2) is 0 Å². The molecular weight excluding hydrogens is 462 g/mol. The van der Waals surface area contributed by atoms with Crippen LogP contribution in [0.2, 0.25) is 0 Å². The molecule has 0 unspecified atom stereocenters.